The van der Waals surface area contributed by atoms with Gasteiger partial charge in [0.25, 0.3) is 0 Å². The first-order chi connectivity index (χ1) is 11.7. The second kappa shape index (κ2) is 17.7. The van der Waals surface area contributed by atoms with Crippen molar-refractivity contribution in [3.8, 4) is 0 Å². The lowest BCUT2D eigenvalue weighted by atomic mass is 10.1. The van der Waals surface area contributed by atoms with Crippen LogP contribution in [0.2, 0.25) is 0 Å². The summed E-state index contributed by atoms with van der Waals surface area (Å²) in [4.78, 5) is 14.8. The molecule has 2 N–H and O–H groups in total. The summed E-state index contributed by atoms with van der Waals surface area (Å²) < 4.78 is 0. The van der Waals surface area contributed by atoms with Crippen molar-refractivity contribution in [1.29, 1.82) is 0 Å². The van der Waals surface area contributed by atoms with Gasteiger partial charge in [-0.1, -0.05) is 68.4 Å². The minimum absolute atomic E-state index is 0.221. The molecule has 0 saturated carbocycles. The Bertz CT molecular complexity index is 408. The number of carboxylic acid groups (broad SMARTS) is 1. The van der Waals surface area contributed by atoms with E-state index in [1.54, 1.807) is 0 Å². The van der Waals surface area contributed by atoms with Gasteiger partial charge in [0, 0.05) is 6.42 Å². The maximum absolute atomic E-state index is 10.3. The van der Waals surface area contributed by atoms with Gasteiger partial charge in [-0.25, -0.2) is 4.89 Å². The Morgan fingerprint density at radius 1 is 1.00 bits per heavy atom. The summed E-state index contributed by atoms with van der Waals surface area (Å²) in [6.45, 7) is 2.19. The predicted octanol–water partition coefficient (Wildman–Crippen LogP) is 5.68. The summed E-state index contributed by atoms with van der Waals surface area (Å²) in [5.74, 6) is -0.745. The second-order valence-corrected chi connectivity index (χ2v) is 5.65. The second-order valence-electron chi connectivity index (χ2n) is 5.65. The van der Waals surface area contributed by atoms with Crippen molar-refractivity contribution in [3.05, 3.63) is 48.6 Å². The first-order valence-corrected chi connectivity index (χ1v) is 8.86. The molecule has 136 valence electrons. The Hall–Kier alpha value is -1.65. The van der Waals surface area contributed by atoms with Crippen molar-refractivity contribution in [1.82, 2.24) is 0 Å². The van der Waals surface area contributed by atoms with Gasteiger partial charge in [0.15, 0.2) is 0 Å². The van der Waals surface area contributed by atoms with Gasteiger partial charge in [0.1, 0.15) is 6.10 Å². The van der Waals surface area contributed by atoms with E-state index in [4.69, 9.17) is 10.4 Å². The topological polar surface area (TPSA) is 66.8 Å². The van der Waals surface area contributed by atoms with E-state index in [1.807, 2.05) is 42.5 Å². The number of carboxylic acids is 1. The molecule has 4 nitrogen and oxygen atoms in total. The van der Waals surface area contributed by atoms with E-state index in [0.717, 1.165) is 19.3 Å². The minimum atomic E-state index is -0.745. The lowest BCUT2D eigenvalue weighted by Crippen LogP contribution is -2.04. The standard InChI is InChI=1S/C20H32O4/c1-2-3-4-5-10-13-16-19(24-23)17-14-11-8-6-7-9-12-15-18-20(21)22/h7-11,13-14,17,19,23H,2-6,12,15-16,18H2,1H3,(H,21,22)/b9-7+,11-8+,13-10+,17-14+/t19-/m1/s1. The molecule has 0 fully saturated rings. The molecule has 0 aliphatic heterocycles. The van der Waals surface area contributed by atoms with Gasteiger partial charge in [-0.05, 0) is 38.5 Å². The predicted molar refractivity (Wildman–Crippen MR) is 98.9 cm³/mol. The van der Waals surface area contributed by atoms with Crippen LogP contribution in [-0.4, -0.2) is 22.4 Å². The van der Waals surface area contributed by atoms with Crippen LogP contribution in [0.3, 0.4) is 0 Å². The van der Waals surface area contributed by atoms with Gasteiger partial charge in [-0.3, -0.25) is 10.1 Å². The van der Waals surface area contributed by atoms with Crippen LogP contribution >= 0.6 is 0 Å². The number of hydrogen-bond donors (Lipinski definition) is 2. The monoisotopic (exact) mass is 336 g/mol. The highest BCUT2D eigenvalue weighted by Crippen LogP contribution is 2.04. The van der Waals surface area contributed by atoms with Crippen LogP contribution in [0.1, 0.15) is 64.7 Å². The van der Waals surface area contributed by atoms with Crippen molar-refractivity contribution >= 4 is 5.97 Å². The van der Waals surface area contributed by atoms with Crippen molar-refractivity contribution in [3.63, 3.8) is 0 Å². The summed E-state index contributed by atoms with van der Waals surface area (Å²) in [7, 11) is 0. The van der Waals surface area contributed by atoms with Crippen LogP contribution in [0.15, 0.2) is 48.6 Å². The van der Waals surface area contributed by atoms with Gasteiger partial charge >= 0.3 is 5.97 Å². The highest BCUT2D eigenvalue weighted by Gasteiger charge is 1.99. The van der Waals surface area contributed by atoms with Crippen molar-refractivity contribution in [2.45, 2.75) is 70.8 Å². The number of unbranched alkanes of at least 4 members (excludes halogenated alkanes) is 4. The third-order valence-corrected chi connectivity index (χ3v) is 3.42. The van der Waals surface area contributed by atoms with Crippen molar-refractivity contribution < 1.29 is 20.0 Å². The van der Waals surface area contributed by atoms with Crippen molar-refractivity contribution in [2.75, 3.05) is 0 Å². The first-order valence-electron chi connectivity index (χ1n) is 8.86. The van der Waals surface area contributed by atoms with Crippen LogP contribution < -0.4 is 0 Å². The maximum Gasteiger partial charge on any atom is 0.303 e. The molecular formula is C20H32O4. The minimum Gasteiger partial charge on any atom is -0.481 e. The average molecular weight is 336 g/mol. The maximum atomic E-state index is 10.3. The van der Waals surface area contributed by atoms with Crippen LogP contribution in [0.25, 0.3) is 0 Å². The molecule has 0 radical (unpaired) electrons. The molecule has 0 spiro atoms. The summed E-state index contributed by atoms with van der Waals surface area (Å²) in [6.07, 6.45) is 23.4. The zero-order chi connectivity index (χ0) is 17.9. The quantitative estimate of drug-likeness (QED) is 0.133. The van der Waals surface area contributed by atoms with E-state index in [2.05, 4.69) is 17.9 Å². The number of hydrogen-bond acceptors (Lipinski definition) is 3. The third-order valence-electron chi connectivity index (χ3n) is 3.42. The smallest absolute Gasteiger partial charge is 0.303 e. The Morgan fingerprint density at radius 3 is 2.46 bits per heavy atom. The molecule has 0 aromatic rings. The zero-order valence-electron chi connectivity index (χ0n) is 14.8. The van der Waals surface area contributed by atoms with Crippen LogP contribution in [0, 0.1) is 0 Å². The van der Waals surface area contributed by atoms with E-state index in [1.165, 1.54) is 19.3 Å². The van der Waals surface area contributed by atoms with E-state index in [0.29, 0.717) is 12.8 Å². The Labute approximate surface area is 146 Å². The van der Waals surface area contributed by atoms with Gasteiger partial charge in [0.05, 0.1) is 0 Å². The lowest BCUT2D eigenvalue weighted by Gasteiger charge is -2.04. The normalized spacial score (nSPS) is 13.8. The molecule has 0 heterocycles. The highest BCUT2D eigenvalue weighted by molar-refractivity contribution is 5.66. The summed E-state index contributed by atoms with van der Waals surface area (Å²) in [6, 6.07) is 0. The number of allylic oxidation sites excluding steroid dienone is 6. The number of aliphatic carboxylic acids is 1. The molecule has 1 atom stereocenters. The fourth-order valence-electron chi connectivity index (χ4n) is 2.03. The molecule has 4 heteroatoms. The molecule has 0 rings (SSSR count). The molecular weight excluding hydrogens is 304 g/mol. The Kier molecular flexibility index (Phi) is 16.5. The molecule has 24 heavy (non-hydrogen) atoms. The van der Waals surface area contributed by atoms with E-state index < -0.39 is 5.97 Å². The summed E-state index contributed by atoms with van der Waals surface area (Å²) >= 11 is 0. The van der Waals surface area contributed by atoms with Gasteiger partial charge < -0.3 is 5.11 Å². The SMILES string of the molecule is CCCCC/C=C/C[C@H](/C=C/C=C/C/C=C/CCCC(=O)O)OO. The molecule has 0 saturated heterocycles. The third kappa shape index (κ3) is 16.7. The number of rotatable bonds is 15. The zero-order valence-corrected chi connectivity index (χ0v) is 14.8. The molecule has 0 bridgehead atoms. The van der Waals surface area contributed by atoms with Crippen molar-refractivity contribution in [2.24, 2.45) is 0 Å². The lowest BCUT2D eigenvalue weighted by molar-refractivity contribution is -0.264. The molecule has 0 aromatic heterocycles. The molecule has 0 amide bonds. The molecule has 0 aliphatic rings. The van der Waals surface area contributed by atoms with E-state index in [-0.39, 0.29) is 12.5 Å². The highest BCUT2D eigenvalue weighted by atomic mass is 17.1. The summed E-state index contributed by atoms with van der Waals surface area (Å²) in [5, 5.41) is 17.4. The van der Waals surface area contributed by atoms with E-state index >= 15 is 0 Å². The van der Waals surface area contributed by atoms with Gasteiger partial charge in [0.2, 0.25) is 0 Å². The average Bonchev–Trinajstić information content (AvgIpc) is 2.57. The van der Waals surface area contributed by atoms with Crippen LogP contribution in [-0.2, 0) is 9.68 Å². The molecule has 0 unspecified atom stereocenters. The van der Waals surface area contributed by atoms with Crippen LogP contribution in [0.4, 0.5) is 0 Å². The van der Waals surface area contributed by atoms with E-state index in [9.17, 15) is 4.79 Å². The fraction of sp³-hybridized carbons (Fsp3) is 0.550. The molecule has 0 aliphatic carbocycles. The molecule has 0 aromatic carbocycles. The largest absolute Gasteiger partial charge is 0.481 e. The number of carbonyl (C=O) groups is 1. The van der Waals surface area contributed by atoms with Gasteiger partial charge in [-0.15, -0.1) is 0 Å². The Balaban J connectivity index is 3.79. The van der Waals surface area contributed by atoms with Gasteiger partial charge in [-0.2, -0.15) is 0 Å². The summed E-state index contributed by atoms with van der Waals surface area (Å²) in [5.41, 5.74) is 0. The Morgan fingerprint density at radius 2 is 1.75 bits per heavy atom. The van der Waals surface area contributed by atoms with Crippen LogP contribution in [0.5, 0.6) is 0 Å². The first kappa shape index (κ1) is 22.4. The fourth-order valence-corrected chi connectivity index (χ4v) is 2.03.